The van der Waals surface area contributed by atoms with Gasteiger partial charge in [-0.3, -0.25) is 0 Å². The molecule has 0 bridgehead atoms. The van der Waals surface area contributed by atoms with Gasteiger partial charge in [-0.15, -0.1) is 0 Å². The highest BCUT2D eigenvalue weighted by atomic mass is 19.1. The summed E-state index contributed by atoms with van der Waals surface area (Å²) in [6.45, 7) is 6.76. The predicted octanol–water partition coefficient (Wildman–Crippen LogP) is 2.79. The van der Waals surface area contributed by atoms with Crippen LogP contribution in [0.3, 0.4) is 0 Å². The van der Waals surface area contributed by atoms with Crippen LogP contribution in [0.5, 0.6) is 0 Å². The van der Waals surface area contributed by atoms with Crippen LogP contribution < -0.4 is 4.90 Å². The van der Waals surface area contributed by atoms with E-state index in [0.29, 0.717) is 17.7 Å². The van der Waals surface area contributed by atoms with Gasteiger partial charge in [-0.05, 0) is 38.0 Å². The minimum atomic E-state index is -0.729. The Balaban J connectivity index is 3.15. The van der Waals surface area contributed by atoms with Crippen LogP contribution in [-0.2, 0) is 0 Å². The van der Waals surface area contributed by atoms with Crippen molar-refractivity contribution in [3.05, 3.63) is 29.1 Å². The van der Waals surface area contributed by atoms with Crippen LogP contribution in [0.1, 0.15) is 43.9 Å². The number of hydrogen-bond acceptors (Lipinski definition) is 3. The van der Waals surface area contributed by atoms with Crippen LogP contribution >= 0.6 is 0 Å². The predicted molar refractivity (Wildman–Crippen MR) is 76.0 cm³/mol. The Kier molecular flexibility index (Phi) is 6.25. The fraction of sp³-hybridized carbons (Fsp3) is 0.600. The summed E-state index contributed by atoms with van der Waals surface area (Å²) in [6, 6.07) is 3.15. The second-order valence-corrected chi connectivity index (χ2v) is 4.90. The average Bonchev–Trinajstić information content (AvgIpc) is 2.37. The number of benzene rings is 1. The highest BCUT2D eigenvalue weighted by molar-refractivity contribution is 5.56. The van der Waals surface area contributed by atoms with E-state index < -0.39 is 6.10 Å². The lowest BCUT2D eigenvalue weighted by atomic mass is 10.0. The largest absolute Gasteiger partial charge is 0.395 e. The molecular weight excluding hydrogens is 245 g/mol. The van der Waals surface area contributed by atoms with E-state index in [2.05, 4.69) is 6.92 Å². The topological polar surface area (TPSA) is 43.7 Å². The third kappa shape index (κ3) is 4.18. The maximum absolute atomic E-state index is 13.6. The second kappa shape index (κ2) is 7.46. The summed E-state index contributed by atoms with van der Waals surface area (Å²) in [4.78, 5) is 2.01. The Bertz CT molecular complexity index is 407. The molecule has 0 aliphatic rings. The molecular formula is C15H24FNO2. The summed E-state index contributed by atoms with van der Waals surface area (Å²) in [5.74, 6) is -0.306. The summed E-state index contributed by atoms with van der Waals surface area (Å²) in [6.07, 6.45) is 1.31. The van der Waals surface area contributed by atoms with Crippen LogP contribution in [0.25, 0.3) is 0 Å². The molecule has 1 rings (SSSR count). The van der Waals surface area contributed by atoms with Crippen molar-refractivity contribution in [1.29, 1.82) is 0 Å². The number of anilines is 1. The van der Waals surface area contributed by atoms with Crippen molar-refractivity contribution in [2.75, 3.05) is 24.6 Å². The Hall–Kier alpha value is -1.13. The lowest BCUT2D eigenvalue weighted by Crippen LogP contribution is -2.29. The molecule has 4 heteroatoms. The van der Waals surface area contributed by atoms with Crippen LogP contribution in [0.15, 0.2) is 12.1 Å². The zero-order valence-electron chi connectivity index (χ0n) is 12.0. The Labute approximate surface area is 114 Å². The van der Waals surface area contributed by atoms with Gasteiger partial charge in [-0.1, -0.05) is 13.3 Å². The number of unbranched alkanes of at least 4 members (excludes halogenated alkanes) is 1. The van der Waals surface area contributed by atoms with Crippen molar-refractivity contribution in [3.8, 4) is 0 Å². The van der Waals surface area contributed by atoms with Gasteiger partial charge in [0, 0.05) is 24.3 Å². The second-order valence-electron chi connectivity index (χ2n) is 4.90. The summed E-state index contributed by atoms with van der Waals surface area (Å²) >= 11 is 0. The number of rotatable bonds is 7. The molecule has 1 aromatic carbocycles. The molecule has 2 N–H and O–H groups in total. The zero-order valence-corrected chi connectivity index (χ0v) is 12.0. The molecule has 19 heavy (non-hydrogen) atoms. The molecule has 108 valence electrons. The van der Waals surface area contributed by atoms with Gasteiger partial charge in [0.25, 0.3) is 0 Å². The van der Waals surface area contributed by atoms with Gasteiger partial charge >= 0.3 is 0 Å². The first-order valence-electron chi connectivity index (χ1n) is 6.85. The third-order valence-electron chi connectivity index (χ3n) is 3.25. The number of aryl methyl sites for hydroxylation is 1. The molecule has 0 amide bonds. The Morgan fingerprint density at radius 1 is 1.32 bits per heavy atom. The van der Waals surface area contributed by atoms with E-state index in [9.17, 15) is 14.6 Å². The highest BCUT2D eigenvalue weighted by Crippen LogP contribution is 2.29. The fourth-order valence-corrected chi connectivity index (χ4v) is 2.11. The van der Waals surface area contributed by atoms with Gasteiger partial charge in [0.05, 0.1) is 12.7 Å². The van der Waals surface area contributed by atoms with Crippen LogP contribution in [-0.4, -0.2) is 29.9 Å². The van der Waals surface area contributed by atoms with Crippen molar-refractivity contribution in [2.45, 2.75) is 39.7 Å². The maximum atomic E-state index is 13.6. The quantitative estimate of drug-likeness (QED) is 0.800. The van der Waals surface area contributed by atoms with Crippen molar-refractivity contribution >= 4 is 5.69 Å². The molecule has 0 spiro atoms. The van der Waals surface area contributed by atoms with Gasteiger partial charge in [-0.25, -0.2) is 4.39 Å². The lowest BCUT2D eigenvalue weighted by Gasteiger charge is -2.28. The van der Waals surface area contributed by atoms with E-state index >= 15 is 0 Å². The Morgan fingerprint density at radius 3 is 2.53 bits per heavy atom. The number of aliphatic hydroxyl groups excluding tert-OH is 2. The van der Waals surface area contributed by atoms with E-state index in [1.807, 2.05) is 4.90 Å². The van der Waals surface area contributed by atoms with E-state index in [1.165, 1.54) is 6.07 Å². The summed E-state index contributed by atoms with van der Waals surface area (Å²) in [7, 11) is 0. The molecule has 1 unspecified atom stereocenters. The molecule has 0 aliphatic heterocycles. The van der Waals surface area contributed by atoms with E-state index in [4.69, 9.17) is 0 Å². The normalized spacial score (nSPS) is 12.5. The SMILES string of the molecule is CCCCN(CCO)c1cc(C)c(F)cc1C(C)O. The number of halogens is 1. The number of nitrogens with zero attached hydrogens (tertiary/aromatic N) is 1. The fourth-order valence-electron chi connectivity index (χ4n) is 2.11. The van der Waals surface area contributed by atoms with E-state index in [0.717, 1.165) is 25.1 Å². The van der Waals surface area contributed by atoms with Crippen molar-refractivity contribution in [2.24, 2.45) is 0 Å². The van der Waals surface area contributed by atoms with Crippen LogP contribution in [0.2, 0.25) is 0 Å². The van der Waals surface area contributed by atoms with E-state index in [-0.39, 0.29) is 12.4 Å². The molecule has 0 aliphatic carbocycles. The van der Waals surface area contributed by atoms with Gasteiger partial charge in [0.2, 0.25) is 0 Å². The third-order valence-corrected chi connectivity index (χ3v) is 3.25. The Morgan fingerprint density at radius 2 is 2.00 bits per heavy atom. The molecule has 0 heterocycles. The van der Waals surface area contributed by atoms with Gasteiger partial charge < -0.3 is 15.1 Å². The molecule has 1 atom stereocenters. The van der Waals surface area contributed by atoms with Gasteiger partial charge in [0.1, 0.15) is 5.82 Å². The van der Waals surface area contributed by atoms with Crippen LogP contribution in [0.4, 0.5) is 10.1 Å². The maximum Gasteiger partial charge on any atom is 0.126 e. The average molecular weight is 269 g/mol. The van der Waals surface area contributed by atoms with Gasteiger partial charge in [0.15, 0.2) is 0 Å². The van der Waals surface area contributed by atoms with Crippen molar-refractivity contribution in [3.63, 3.8) is 0 Å². The highest BCUT2D eigenvalue weighted by Gasteiger charge is 2.16. The first-order valence-corrected chi connectivity index (χ1v) is 6.85. The lowest BCUT2D eigenvalue weighted by molar-refractivity contribution is 0.199. The molecule has 3 nitrogen and oxygen atoms in total. The van der Waals surface area contributed by atoms with Crippen molar-refractivity contribution in [1.82, 2.24) is 0 Å². The number of hydrogen-bond donors (Lipinski definition) is 2. The summed E-state index contributed by atoms with van der Waals surface area (Å²) < 4.78 is 13.6. The molecule has 0 saturated heterocycles. The first-order chi connectivity index (χ1) is 9.01. The minimum absolute atomic E-state index is 0.0411. The molecule has 0 saturated carbocycles. The number of aliphatic hydroxyl groups is 2. The molecule has 0 fully saturated rings. The van der Waals surface area contributed by atoms with Crippen LogP contribution in [0, 0.1) is 12.7 Å². The zero-order chi connectivity index (χ0) is 14.4. The summed E-state index contributed by atoms with van der Waals surface area (Å²) in [5.41, 5.74) is 1.95. The molecule has 0 aromatic heterocycles. The summed E-state index contributed by atoms with van der Waals surface area (Å²) in [5, 5.41) is 19.0. The molecule has 0 radical (unpaired) electrons. The first kappa shape index (κ1) is 15.9. The van der Waals surface area contributed by atoms with Gasteiger partial charge in [-0.2, -0.15) is 0 Å². The monoisotopic (exact) mass is 269 g/mol. The van der Waals surface area contributed by atoms with E-state index in [1.54, 1.807) is 19.9 Å². The van der Waals surface area contributed by atoms with Crippen molar-refractivity contribution < 1.29 is 14.6 Å². The molecule has 1 aromatic rings. The smallest absolute Gasteiger partial charge is 0.126 e. The minimum Gasteiger partial charge on any atom is -0.395 e. The standard InChI is InChI=1S/C15H24FNO2/c1-4-5-6-17(7-8-18)15-9-11(2)14(16)10-13(15)12(3)19/h9-10,12,18-19H,4-8H2,1-3H3.